The molecule has 0 aromatic carbocycles. The molecular formula is C10H17N3O2S. The summed E-state index contributed by atoms with van der Waals surface area (Å²) in [5.41, 5.74) is 0.790. The normalized spacial score (nSPS) is 20.8. The third-order valence-corrected chi connectivity index (χ3v) is 3.95. The zero-order chi connectivity index (χ0) is 11.9. The monoisotopic (exact) mass is 243 g/mol. The van der Waals surface area contributed by atoms with Gasteiger partial charge in [0.15, 0.2) is 5.03 Å². The molecule has 90 valence electrons. The molecule has 0 amide bonds. The second-order valence-corrected chi connectivity index (χ2v) is 5.90. The van der Waals surface area contributed by atoms with Crippen molar-refractivity contribution in [3.05, 3.63) is 11.5 Å². The Bertz CT molecular complexity index is 504. The first-order valence-corrected chi connectivity index (χ1v) is 7.09. The van der Waals surface area contributed by atoms with Crippen molar-refractivity contribution in [2.45, 2.75) is 44.7 Å². The Morgan fingerprint density at radius 2 is 2.25 bits per heavy atom. The largest absolute Gasteiger partial charge is 0.331 e. The van der Waals surface area contributed by atoms with E-state index in [2.05, 4.69) is 11.9 Å². The summed E-state index contributed by atoms with van der Waals surface area (Å²) in [4.78, 5) is 4.17. The van der Waals surface area contributed by atoms with E-state index in [1.807, 2.05) is 11.5 Å². The molecule has 2 N–H and O–H groups in total. The number of rotatable bonds is 2. The minimum absolute atomic E-state index is 0.0795. The molecule has 2 heterocycles. The van der Waals surface area contributed by atoms with Crippen molar-refractivity contribution in [1.29, 1.82) is 0 Å². The van der Waals surface area contributed by atoms with Crippen LogP contribution in [0.2, 0.25) is 0 Å². The lowest BCUT2D eigenvalue weighted by molar-refractivity contribution is 0.405. The van der Waals surface area contributed by atoms with E-state index in [-0.39, 0.29) is 5.03 Å². The summed E-state index contributed by atoms with van der Waals surface area (Å²) in [6.07, 6.45) is 2.55. The topological polar surface area (TPSA) is 78.0 Å². The van der Waals surface area contributed by atoms with Crippen LogP contribution in [0.3, 0.4) is 0 Å². The van der Waals surface area contributed by atoms with Crippen molar-refractivity contribution in [3.63, 3.8) is 0 Å². The Kier molecular flexibility index (Phi) is 2.79. The highest BCUT2D eigenvalue weighted by Gasteiger charge is 2.27. The molecule has 1 unspecified atom stereocenters. The van der Waals surface area contributed by atoms with Crippen LogP contribution in [0.4, 0.5) is 0 Å². The van der Waals surface area contributed by atoms with Crippen LogP contribution in [0.15, 0.2) is 5.03 Å². The van der Waals surface area contributed by atoms with Gasteiger partial charge in [-0.3, -0.25) is 0 Å². The van der Waals surface area contributed by atoms with Gasteiger partial charge in [0.2, 0.25) is 0 Å². The minimum atomic E-state index is -3.69. The second-order valence-electron chi connectivity index (χ2n) is 4.43. The lowest BCUT2D eigenvalue weighted by Gasteiger charge is -2.22. The fourth-order valence-electron chi connectivity index (χ4n) is 2.25. The molecule has 0 radical (unpaired) electrons. The fraction of sp³-hybridized carbons (Fsp3) is 0.700. The molecule has 16 heavy (non-hydrogen) atoms. The van der Waals surface area contributed by atoms with Crippen LogP contribution in [0.1, 0.15) is 31.8 Å². The van der Waals surface area contributed by atoms with Gasteiger partial charge in [-0.2, -0.15) is 0 Å². The lowest BCUT2D eigenvalue weighted by atomic mass is 9.98. The number of aromatic nitrogens is 2. The van der Waals surface area contributed by atoms with Gasteiger partial charge in [0.25, 0.3) is 10.0 Å². The summed E-state index contributed by atoms with van der Waals surface area (Å²) >= 11 is 0. The van der Waals surface area contributed by atoms with Crippen LogP contribution < -0.4 is 5.14 Å². The highest BCUT2D eigenvalue weighted by Crippen LogP contribution is 2.26. The smallest absolute Gasteiger partial charge is 0.257 e. The van der Waals surface area contributed by atoms with Gasteiger partial charge in [-0.15, -0.1) is 0 Å². The molecule has 0 spiro atoms. The van der Waals surface area contributed by atoms with Gasteiger partial charge in [0.1, 0.15) is 5.82 Å². The van der Waals surface area contributed by atoms with Crippen LogP contribution in [-0.4, -0.2) is 18.0 Å². The van der Waals surface area contributed by atoms with E-state index in [4.69, 9.17) is 5.14 Å². The Hall–Kier alpha value is -0.880. The third-order valence-electron chi connectivity index (χ3n) is 3.09. The van der Waals surface area contributed by atoms with E-state index in [1.54, 1.807) is 0 Å². The standard InChI is InChI=1S/C10H17N3O2S/c1-3-9-12-10(16(11,14)15)8-6-7(2)4-5-13(8)9/h7H,3-6H2,1-2H3,(H2,11,14,15). The molecule has 1 aliphatic rings. The summed E-state index contributed by atoms with van der Waals surface area (Å²) in [5, 5.41) is 5.27. The van der Waals surface area contributed by atoms with Crippen LogP contribution in [0, 0.1) is 5.92 Å². The van der Waals surface area contributed by atoms with Gasteiger partial charge >= 0.3 is 0 Å². The molecule has 1 aromatic rings. The number of hydrogen-bond acceptors (Lipinski definition) is 3. The second kappa shape index (κ2) is 3.85. The average Bonchev–Trinajstić information content (AvgIpc) is 2.54. The average molecular weight is 243 g/mol. The van der Waals surface area contributed by atoms with Crippen molar-refractivity contribution in [2.24, 2.45) is 11.1 Å². The third kappa shape index (κ3) is 1.87. The molecule has 0 fully saturated rings. The Balaban J connectivity index is 2.60. The molecule has 5 nitrogen and oxygen atoms in total. The Labute approximate surface area is 95.7 Å². The van der Waals surface area contributed by atoms with Crippen LogP contribution in [-0.2, 0) is 29.4 Å². The summed E-state index contributed by atoms with van der Waals surface area (Å²) in [6.45, 7) is 4.94. The number of imidazole rings is 1. The maximum atomic E-state index is 11.4. The van der Waals surface area contributed by atoms with Crippen molar-refractivity contribution < 1.29 is 8.42 Å². The maximum Gasteiger partial charge on any atom is 0.257 e. The first kappa shape index (κ1) is 11.6. The molecule has 6 heteroatoms. The number of sulfonamides is 1. The van der Waals surface area contributed by atoms with E-state index in [1.165, 1.54) is 0 Å². The number of fused-ring (bicyclic) bond motifs is 1. The van der Waals surface area contributed by atoms with Crippen molar-refractivity contribution in [3.8, 4) is 0 Å². The van der Waals surface area contributed by atoms with E-state index in [9.17, 15) is 8.42 Å². The lowest BCUT2D eigenvalue weighted by Crippen LogP contribution is -2.21. The van der Waals surface area contributed by atoms with Gasteiger partial charge in [-0.05, 0) is 18.8 Å². The first-order valence-electron chi connectivity index (χ1n) is 5.54. The quantitative estimate of drug-likeness (QED) is 0.829. The fourth-order valence-corrected chi connectivity index (χ4v) is 3.01. The highest BCUT2D eigenvalue weighted by molar-refractivity contribution is 7.89. The van der Waals surface area contributed by atoms with E-state index >= 15 is 0 Å². The van der Waals surface area contributed by atoms with Crippen molar-refractivity contribution >= 4 is 10.0 Å². The van der Waals surface area contributed by atoms with Gasteiger partial charge in [0, 0.05) is 13.0 Å². The summed E-state index contributed by atoms with van der Waals surface area (Å²) in [6, 6.07) is 0. The van der Waals surface area contributed by atoms with Crippen molar-refractivity contribution in [1.82, 2.24) is 9.55 Å². The molecule has 1 atom stereocenters. The van der Waals surface area contributed by atoms with Gasteiger partial charge in [-0.25, -0.2) is 18.5 Å². The predicted octanol–water partition coefficient (Wildman–Crippen LogP) is 0.675. The van der Waals surface area contributed by atoms with Crippen LogP contribution in [0.5, 0.6) is 0 Å². The molecule has 0 bridgehead atoms. The van der Waals surface area contributed by atoms with Gasteiger partial charge in [0.05, 0.1) is 5.69 Å². The zero-order valence-electron chi connectivity index (χ0n) is 9.60. The number of nitrogens with two attached hydrogens (primary N) is 1. The van der Waals surface area contributed by atoms with Gasteiger partial charge < -0.3 is 4.57 Å². The molecule has 0 saturated heterocycles. The highest BCUT2D eigenvalue weighted by atomic mass is 32.2. The molecule has 1 aliphatic heterocycles. The van der Waals surface area contributed by atoms with Crippen LogP contribution in [0.25, 0.3) is 0 Å². The number of aryl methyl sites for hydroxylation is 1. The van der Waals surface area contributed by atoms with E-state index in [0.29, 0.717) is 5.92 Å². The van der Waals surface area contributed by atoms with Gasteiger partial charge in [-0.1, -0.05) is 13.8 Å². The molecule has 1 aromatic heterocycles. The molecule has 0 aliphatic carbocycles. The number of primary sulfonamides is 1. The zero-order valence-corrected chi connectivity index (χ0v) is 10.4. The number of nitrogens with zero attached hydrogens (tertiary/aromatic N) is 2. The predicted molar refractivity (Wildman–Crippen MR) is 60.5 cm³/mol. The molecular weight excluding hydrogens is 226 g/mol. The van der Waals surface area contributed by atoms with E-state index in [0.717, 1.165) is 37.3 Å². The maximum absolute atomic E-state index is 11.4. The van der Waals surface area contributed by atoms with E-state index < -0.39 is 10.0 Å². The molecule has 0 saturated carbocycles. The van der Waals surface area contributed by atoms with Crippen LogP contribution >= 0.6 is 0 Å². The molecule has 2 rings (SSSR count). The summed E-state index contributed by atoms with van der Waals surface area (Å²) < 4.78 is 24.9. The number of hydrogen-bond donors (Lipinski definition) is 1. The Morgan fingerprint density at radius 1 is 1.56 bits per heavy atom. The first-order chi connectivity index (χ1) is 7.43. The SMILES string of the molecule is CCc1nc(S(N)(=O)=O)c2n1CCC(C)C2. The summed E-state index contributed by atoms with van der Waals surface area (Å²) in [5.74, 6) is 1.32. The van der Waals surface area contributed by atoms with Crippen molar-refractivity contribution in [2.75, 3.05) is 0 Å². The minimum Gasteiger partial charge on any atom is -0.331 e. The Morgan fingerprint density at radius 3 is 2.81 bits per heavy atom. The summed E-state index contributed by atoms with van der Waals surface area (Å²) in [7, 11) is -3.69.